The van der Waals surface area contributed by atoms with Crippen LogP contribution in [0.3, 0.4) is 0 Å². The van der Waals surface area contributed by atoms with Gasteiger partial charge in [0.05, 0.1) is 12.7 Å². The quantitative estimate of drug-likeness (QED) is 0.259. The molecule has 0 N–H and O–H groups in total. The number of halogens is 1. The van der Waals surface area contributed by atoms with Crippen molar-refractivity contribution in [3.63, 3.8) is 0 Å². The van der Waals surface area contributed by atoms with Gasteiger partial charge in [0.15, 0.2) is 0 Å². The predicted octanol–water partition coefficient (Wildman–Crippen LogP) is -2.24. The zero-order chi connectivity index (χ0) is 10.7. The zero-order valence-electron chi connectivity index (χ0n) is 8.02. The van der Waals surface area contributed by atoms with Crippen LogP contribution in [0.1, 0.15) is 10.4 Å². The SMILES string of the molecule is COC(=O)c1cc(S(=O)[O-])cnc1Cl.[Na+]. The first kappa shape index (κ1) is 15.0. The van der Waals surface area contributed by atoms with E-state index in [-0.39, 0.29) is 45.2 Å². The van der Waals surface area contributed by atoms with Crippen LogP contribution in [-0.2, 0) is 15.8 Å². The van der Waals surface area contributed by atoms with E-state index < -0.39 is 17.0 Å². The number of rotatable bonds is 2. The van der Waals surface area contributed by atoms with E-state index >= 15 is 0 Å². The number of carbonyl (C=O) groups excluding carboxylic acids is 1. The molecular formula is C7H5ClNNaO4S. The molecule has 0 fully saturated rings. The monoisotopic (exact) mass is 257 g/mol. The summed E-state index contributed by atoms with van der Waals surface area (Å²) in [7, 11) is 1.17. The fourth-order valence-electron chi connectivity index (χ4n) is 0.773. The Morgan fingerprint density at radius 1 is 1.67 bits per heavy atom. The van der Waals surface area contributed by atoms with Crippen molar-refractivity contribution in [1.82, 2.24) is 4.98 Å². The number of hydrogen-bond donors (Lipinski definition) is 0. The van der Waals surface area contributed by atoms with Crippen LogP contribution in [0.4, 0.5) is 0 Å². The average Bonchev–Trinajstić information content (AvgIpc) is 2.17. The first-order valence-electron chi connectivity index (χ1n) is 3.39. The Balaban J connectivity index is 0.00000196. The van der Waals surface area contributed by atoms with Crippen molar-refractivity contribution >= 4 is 28.7 Å². The number of carbonyl (C=O) groups is 1. The van der Waals surface area contributed by atoms with E-state index in [1.54, 1.807) is 0 Å². The second-order valence-corrected chi connectivity index (χ2v) is 3.53. The van der Waals surface area contributed by atoms with Gasteiger partial charge in [0.2, 0.25) is 0 Å². The molecule has 15 heavy (non-hydrogen) atoms. The summed E-state index contributed by atoms with van der Waals surface area (Å²) in [6.45, 7) is 0. The second-order valence-electron chi connectivity index (χ2n) is 2.24. The number of aromatic nitrogens is 1. The minimum Gasteiger partial charge on any atom is -0.768 e. The summed E-state index contributed by atoms with van der Waals surface area (Å²) in [6.07, 6.45) is 1.05. The molecule has 8 heteroatoms. The third-order valence-corrected chi connectivity index (χ3v) is 2.32. The number of hydrogen-bond acceptors (Lipinski definition) is 5. The molecule has 1 heterocycles. The predicted molar refractivity (Wildman–Crippen MR) is 47.8 cm³/mol. The molecule has 5 nitrogen and oxygen atoms in total. The molecule has 0 amide bonds. The Kier molecular flexibility index (Phi) is 6.58. The van der Waals surface area contributed by atoms with Crippen LogP contribution < -0.4 is 29.6 Å². The maximum Gasteiger partial charge on any atom is 1.00 e. The van der Waals surface area contributed by atoms with Crippen molar-refractivity contribution in [2.45, 2.75) is 4.90 Å². The molecule has 0 radical (unpaired) electrons. The van der Waals surface area contributed by atoms with Crippen molar-refractivity contribution in [2.24, 2.45) is 0 Å². The third kappa shape index (κ3) is 3.82. The minimum absolute atomic E-state index is 0. The van der Waals surface area contributed by atoms with Gasteiger partial charge in [0.25, 0.3) is 0 Å². The molecule has 76 valence electrons. The average molecular weight is 258 g/mol. The molecule has 0 aliphatic rings. The van der Waals surface area contributed by atoms with E-state index in [9.17, 15) is 13.6 Å². The summed E-state index contributed by atoms with van der Waals surface area (Å²) in [5.74, 6) is -0.727. The number of pyridine rings is 1. The molecule has 0 aliphatic heterocycles. The third-order valence-electron chi connectivity index (χ3n) is 1.41. The number of nitrogens with zero attached hydrogens (tertiary/aromatic N) is 1. The minimum atomic E-state index is -2.44. The molecule has 1 atom stereocenters. The Morgan fingerprint density at radius 2 is 2.27 bits per heavy atom. The first-order chi connectivity index (χ1) is 6.56. The Morgan fingerprint density at radius 3 is 2.73 bits per heavy atom. The van der Waals surface area contributed by atoms with Crippen LogP contribution in [-0.4, -0.2) is 26.8 Å². The fraction of sp³-hybridized carbons (Fsp3) is 0.143. The maximum absolute atomic E-state index is 11.1. The summed E-state index contributed by atoms with van der Waals surface area (Å²) in [4.78, 5) is 14.5. The second kappa shape index (κ2) is 6.57. The molecule has 0 saturated carbocycles. The van der Waals surface area contributed by atoms with E-state index in [0.29, 0.717) is 0 Å². The standard InChI is InChI=1S/C7H6ClNO4S.Na/c1-13-7(10)5-2-4(14(11)12)3-9-6(5)8;/h2-3H,1H3,(H,11,12);/q;+1/p-1. The molecule has 0 saturated heterocycles. The van der Waals surface area contributed by atoms with Crippen molar-refractivity contribution < 1.29 is 47.9 Å². The van der Waals surface area contributed by atoms with Crippen molar-refractivity contribution in [2.75, 3.05) is 7.11 Å². The normalized spacial score (nSPS) is 11.4. The number of ether oxygens (including phenoxy) is 1. The van der Waals surface area contributed by atoms with Crippen molar-refractivity contribution in [1.29, 1.82) is 0 Å². The van der Waals surface area contributed by atoms with Gasteiger partial charge in [-0.2, -0.15) is 0 Å². The molecule has 1 unspecified atom stereocenters. The van der Waals surface area contributed by atoms with Crippen LogP contribution in [0.15, 0.2) is 17.2 Å². The van der Waals surface area contributed by atoms with Gasteiger partial charge in [-0.1, -0.05) is 11.6 Å². The van der Waals surface area contributed by atoms with Crippen LogP contribution in [0.2, 0.25) is 5.15 Å². The van der Waals surface area contributed by atoms with Crippen LogP contribution in [0, 0.1) is 0 Å². The van der Waals surface area contributed by atoms with E-state index in [2.05, 4.69) is 9.72 Å². The topological polar surface area (TPSA) is 79.3 Å². The van der Waals surface area contributed by atoms with Crippen LogP contribution >= 0.6 is 11.6 Å². The summed E-state index contributed by atoms with van der Waals surface area (Å²) in [6, 6.07) is 1.10. The largest absolute Gasteiger partial charge is 1.00 e. The van der Waals surface area contributed by atoms with Crippen molar-refractivity contribution in [3.05, 3.63) is 23.0 Å². The van der Waals surface area contributed by atoms with Crippen LogP contribution in [0.25, 0.3) is 0 Å². The van der Waals surface area contributed by atoms with Crippen LogP contribution in [0.5, 0.6) is 0 Å². The van der Waals surface area contributed by atoms with Gasteiger partial charge < -0.3 is 9.29 Å². The first-order valence-corrected chi connectivity index (χ1v) is 4.84. The van der Waals surface area contributed by atoms with Gasteiger partial charge in [-0.05, 0) is 17.1 Å². The van der Waals surface area contributed by atoms with Gasteiger partial charge in [-0.3, -0.25) is 4.21 Å². The van der Waals surface area contributed by atoms with E-state index in [1.165, 1.54) is 7.11 Å². The van der Waals surface area contributed by atoms with Crippen molar-refractivity contribution in [3.8, 4) is 0 Å². The van der Waals surface area contributed by atoms with Gasteiger partial charge >= 0.3 is 35.5 Å². The molecule has 0 aliphatic carbocycles. The van der Waals surface area contributed by atoms with Gasteiger partial charge in [0, 0.05) is 11.1 Å². The van der Waals surface area contributed by atoms with E-state index in [4.69, 9.17) is 11.6 Å². The van der Waals surface area contributed by atoms with Gasteiger partial charge in [-0.25, -0.2) is 9.78 Å². The molecule has 1 aromatic heterocycles. The molecule has 1 aromatic rings. The van der Waals surface area contributed by atoms with Gasteiger partial charge in [-0.15, -0.1) is 0 Å². The number of esters is 1. The summed E-state index contributed by atoms with van der Waals surface area (Å²) < 4.78 is 25.5. The van der Waals surface area contributed by atoms with E-state index in [1.807, 2.05) is 0 Å². The Hall–Kier alpha value is 0.0200. The smallest absolute Gasteiger partial charge is 0.768 e. The summed E-state index contributed by atoms with van der Waals surface area (Å²) >= 11 is 3.12. The molecule has 0 bridgehead atoms. The Labute approximate surface area is 116 Å². The fourth-order valence-corrected chi connectivity index (χ4v) is 1.31. The zero-order valence-corrected chi connectivity index (χ0v) is 11.6. The Bertz CT molecular complexity index is 401. The van der Waals surface area contributed by atoms with Gasteiger partial charge in [0.1, 0.15) is 5.15 Å². The number of methoxy groups -OCH3 is 1. The summed E-state index contributed by atoms with van der Waals surface area (Å²) in [5, 5.41) is -0.0916. The molecular weight excluding hydrogens is 253 g/mol. The molecule has 0 spiro atoms. The molecule has 1 rings (SSSR count). The van der Waals surface area contributed by atoms with E-state index in [0.717, 1.165) is 12.3 Å². The maximum atomic E-state index is 11.1. The summed E-state index contributed by atoms with van der Waals surface area (Å²) in [5.41, 5.74) is -0.0733. The molecule has 0 aromatic carbocycles.